The normalized spacial score (nSPS) is 10.7. The van der Waals surface area contributed by atoms with Crippen LogP contribution in [0.15, 0.2) is 101 Å². The Kier molecular flexibility index (Phi) is 8.77. The first kappa shape index (κ1) is 27.9. The molecule has 0 radical (unpaired) electrons. The van der Waals surface area contributed by atoms with E-state index in [4.69, 9.17) is 4.74 Å². The minimum Gasteiger partial charge on any atom is -0.422 e. The summed E-state index contributed by atoms with van der Waals surface area (Å²) < 4.78 is 6.20. The molecular weight excluding hydrogens is 580 g/mol. The van der Waals surface area contributed by atoms with E-state index in [1.54, 1.807) is 48.5 Å². The third-order valence-corrected chi connectivity index (χ3v) is 6.10. The van der Waals surface area contributed by atoms with Gasteiger partial charge in [0.05, 0.1) is 16.7 Å². The van der Waals surface area contributed by atoms with Crippen LogP contribution in [-0.4, -0.2) is 28.9 Å². The van der Waals surface area contributed by atoms with E-state index >= 15 is 0 Å². The van der Waals surface area contributed by atoms with Crippen LogP contribution in [-0.2, 0) is 0 Å². The van der Waals surface area contributed by atoms with Crippen LogP contribution in [0.25, 0.3) is 0 Å². The van der Waals surface area contributed by atoms with Crippen molar-refractivity contribution in [1.29, 1.82) is 0 Å². The second-order valence-electron chi connectivity index (χ2n) is 8.47. The monoisotopic (exact) mass is 600 g/mol. The maximum Gasteiger partial charge on any atom is 0.343 e. The molecule has 0 saturated heterocycles. The van der Waals surface area contributed by atoms with E-state index in [2.05, 4.69) is 31.8 Å². The van der Waals surface area contributed by atoms with Crippen LogP contribution in [0.3, 0.4) is 0 Å². The summed E-state index contributed by atoms with van der Waals surface area (Å²) in [5.74, 6) is -1.50. The first-order valence-electron chi connectivity index (χ1n) is 11.8. The maximum atomic E-state index is 12.6. The quantitative estimate of drug-likeness (QED) is 0.0848. The van der Waals surface area contributed by atoms with Crippen molar-refractivity contribution in [2.24, 2.45) is 5.10 Å². The predicted octanol–water partition coefficient (Wildman–Crippen LogP) is 5.90. The van der Waals surface area contributed by atoms with Gasteiger partial charge < -0.3 is 10.1 Å². The Morgan fingerprint density at radius 2 is 1.45 bits per heavy atom. The summed E-state index contributed by atoms with van der Waals surface area (Å²) >= 11 is 3.29. The number of amides is 2. The molecule has 0 atom stereocenters. The number of rotatable bonds is 8. The zero-order chi connectivity index (χ0) is 28.6. The van der Waals surface area contributed by atoms with Gasteiger partial charge in [0.1, 0.15) is 5.75 Å². The van der Waals surface area contributed by atoms with Crippen molar-refractivity contribution < 1.29 is 24.0 Å². The Balaban J connectivity index is 1.42. The average molecular weight is 601 g/mol. The number of carbonyl (C=O) groups excluding carboxylic acids is 3. The Morgan fingerprint density at radius 1 is 0.850 bits per heavy atom. The lowest BCUT2D eigenvalue weighted by Crippen LogP contribution is -2.18. The molecule has 0 spiro atoms. The number of anilines is 1. The van der Waals surface area contributed by atoms with Crippen LogP contribution in [0.2, 0.25) is 0 Å². The average Bonchev–Trinajstić information content (AvgIpc) is 2.94. The maximum absolute atomic E-state index is 12.6. The molecule has 11 heteroatoms. The molecule has 4 aromatic carbocycles. The number of nitrogens with zero attached hydrogens (tertiary/aromatic N) is 2. The summed E-state index contributed by atoms with van der Waals surface area (Å²) in [6.07, 6.45) is 1.14. The van der Waals surface area contributed by atoms with Gasteiger partial charge in [-0.05, 0) is 73.7 Å². The van der Waals surface area contributed by atoms with Crippen LogP contribution in [0, 0.1) is 17.0 Å². The van der Waals surface area contributed by atoms with Crippen LogP contribution in [0.1, 0.15) is 42.2 Å². The Labute approximate surface area is 237 Å². The lowest BCUT2D eigenvalue weighted by molar-refractivity contribution is -0.384. The van der Waals surface area contributed by atoms with Crippen molar-refractivity contribution in [3.8, 4) is 5.75 Å². The molecule has 0 heterocycles. The van der Waals surface area contributed by atoms with Gasteiger partial charge in [-0.1, -0.05) is 33.6 Å². The molecule has 10 nitrogen and oxygen atoms in total. The standard InChI is InChI=1S/C29H21BrN4O6/c1-18-2-4-19(5-3-18)27(35)32-24-12-8-20(9-13-24)28(36)33-31-17-22-16-25(34(38)39)14-15-26(22)40-29(37)21-6-10-23(30)11-7-21/h2-17H,1H3,(H,32,35)(H,33,36)/b31-17+. The van der Waals surface area contributed by atoms with Gasteiger partial charge in [0.15, 0.2) is 0 Å². The zero-order valence-corrected chi connectivity index (χ0v) is 22.5. The van der Waals surface area contributed by atoms with Crippen molar-refractivity contribution >= 4 is 51.3 Å². The molecule has 0 fully saturated rings. The SMILES string of the molecule is Cc1ccc(C(=O)Nc2ccc(C(=O)N/N=C/c3cc([N+](=O)[O-])ccc3OC(=O)c3ccc(Br)cc3)cc2)cc1. The fraction of sp³-hybridized carbons (Fsp3) is 0.0345. The molecular formula is C29H21BrN4O6. The van der Waals surface area contributed by atoms with Crippen LogP contribution in [0.4, 0.5) is 11.4 Å². The zero-order valence-electron chi connectivity index (χ0n) is 21.0. The summed E-state index contributed by atoms with van der Waals surface area (Å²) in [4.78, 5) is 48.1. The summed E-state index contributed by atoms with van der Waals surface area (Å²) in [6.45, 7) is 1.93. The van der Waals surface area contributed by atoms with E-state index in [-0.39, 0.29) is 34.0 Å². The van der Waals surface area contributed by atoms with Gasteiger partial charge in [0, 0.05) is 39.0 Å². The highest BCUT2D eigenvalue weighted by Crippen LogP contribution is 2.24. The minimum absolute atomic E-state index is 0.0187. The second kappa shape index (κ2) is 12.6. The largest absolute Gasteiger partial charge is 0.422 e. The van der Waals surface area contributed by atoms with Crippen molar-refractivity contribution in [3.63, 3.8) is 0 Å². The van der Waals surface area contributed by atoms with Gasteiger partial charge in [-0.3, -0.25) is 19.7 Å². The number of hydrogen-bond acceptors (Lipinski definition) is 7. The molecule has 0 aliphatic carbocycles. The molecule has 0 aromatic heterocycles. The molecule has 2 amide bonds. The van der Waals surface area contributed by atoms with E-state index in [0.29, 0.717) is 11.3 Å². The summed E-state index contributed by atoms with van der Waals surface area (Å²) in [6, 6.07) is 23.4. The number of nitro groups is 1. The van der Waals surface area contributed by atoms with Crippen LogP contribution >= 0.6 is 15.9 Å². The van der Waals surface area contributed by atoms with E-state index < -0.39 is 16.8 Å². The molecule has 0 bridgehead atoms. The number of carbonyl (C=O) groups is 3. The Morgan fingerprint density at radius 3 is 2.10 bits per heavy atom. The molecule has 200 valence electrons. The van der Waals surface area contributed by atoms with Gasteiger partial charge in [-0.25, -0.2) is 10.2 Å². The lowest BCUT2D eigenvalue weighted by Gasteiger charge is -2.08. The number of aryl methyl sites for hydroxylation is 1. The van der Waals surface area contributed by atoms with Gasteiger partial charge in [-0.15, -0.1) is 0 Å². The smallest absolute Gasteiger partial charge is 0.343 e. The third-order valence-electron chi connectivity index (χ3n) is 5.58. The molecule has 0 aliphatic heterocycles. The highest BCUT2D eigenvalue weighted by atomic mass is 79.9. The second-order valence-corrected chi connectivity index (χ2v) is 9.39. The van der Waals surface area contributed by atoms with Crippen LogP contribution < -0.4 is 15.5 Å². The minimum atomic E-state index is -0.672. The van der Waals surface area contributed by atoms with Crippen LogP contribution in [0.5, 0.6) is 5.75 Å². The lowest BCUT2D eigenvalue weighted by atomic mass is 10.1. The summed E-state index contributed by atoms with van der Waals surface area (Å²) in [7, 11) is 0. The van der Waals surface area contributed by atoms with Gasteiger partial charge in [0.25, 0.3) is 17.5 Å². The highest BCUT2D eigenvalue weighted by Gasteiger charge is 2.15. The summed E-state index contributed by atoms with van der Waals surface area (Å²) in [5, 5.41) is 17.9. The fourth-order valence-corrected chi connectivity index (χ4v) is 3.69. The number of benzene rings is 4. The highest BCUT2D eigenvalue weighted by molar-refractivity contribution is 9.10. The molecule has 2 N–H and O–H groups in total. The van der Waals surface area contributed by atoms with E-state index in [9.17, 15) is 24.5 Å². The molecule has 0 unspecified atom stereocenters. The number of nitrogens with one attached hydrogen (secondary N) is 2. The van der Waals surface area contributed by atoms with Crippen molar-refractivity contribution in [2.45, 2.75) is 6.92 Å². The van der Waals surface area contributed by atoms with E-state index in [1.807, 2.05) is 19.1 Å². The third kappa shape index (κ3) is 7.23. The molecule has 40 heavy (non-hydrogen) atoms. The number of non-ortho nitro benzene ring substituents is 1. The van der Waals surface area contributed by atoms with Gasteiger partial charge >= 0.3 is 5.97 Å². The Bertz CT molecular complexity index is 1600. The number of esters is 1. The van der Waals surface area contributed by atoms with E-state index in [0.717, 1.165) is 16.3 Å². The molecule has 0 saturated carbocycles. The number of halogens is 1. The van der Waals surface area contributed by atoms with Gasteiger partial charge in [0.2, 0.25) is 0 Å². The summed E-state index contributed by atoms with van der Waals surface area (Å²) in [5.41, 5.74) is 4.76. The number of ether oxygens (including phenoxy) is 1. The first-order chi connectivity index (χ1) is 19.2. The van der Waals surface area contributed by atoms with Gasteiger partial charge in [-0.2, -0.15) is 5.10 Å². The predicted molar refractivity (Wildman–Crippen MR) is 153 cm³/mol. The number of hydrogen-bond donors (Lipinski definition) is 2. The number of hydrazone groups is 1. The number of nitro benzene ring substituents is 1. The molecule has 0 aliphatic rings. The fourth-order valence-electron chi connectivity index (χ4n) is 3.43. The van der Waals surface area contributed by atoms with Crippen molar-refractivity contribution in [3.05, 3.63) is 133 Å². The molecule has 4 aromatic rings. The van der Waals surface area contributed by atoms with E-state index in [1.165, 1.54) is 30.3 Å². The first-order valence-corrected chi connectivity index (χ1v) is 12.6. The Hall–Kier alpha value is -5.16. The topological polar surface area (TPSA) is 140 Å². The van der Waals surface area contributed by atoms with Crippen molar-refractivity contribution in [1.82, 2.24) is 5.43 Å². The van der Waals surface area contributed by atoms with Crippen molar-refractivity contribution in [2.75, 3.05) is 5.32 Å². The molecule has 4 rings (SSSR count).